The number of nitrogens with zero attached hydrogens (tertiary/aromatic N) is 5. The van der Waals surface area contributed by atoms with Crippen LogP contribution < -0.4 is 4.90 Å². The van der Waals surface area contributed by atoms with Crippen LogP contribution in [0.4, 0.5) is 5.82 Å². The smallest absolute Gasteiger partial charge is 0.157 e. The predicted molar refractivity (Wildman–Crippen MR) is 102 cm³/mol. The van der Waals surface area contributed by atoms with Gasteiger partial charge in [-0.1, -0.05) is 42.5 Å². The number of piperazine rings is 1. The minimum Gasteiger partial charge on any atom is -0.354 e. The molecule has 1 fully saturated rings. The van der Waals surface area contributed by atoms with E-state index in [0.717, 1.165) is 49.9 Å². The molecule has 4 rings (SSSR count). The van der Waals surface area contributed by atoms with Gasteiger partial charge in [0.15, 0.2) is 5.65 Å². The zero-order valence-electron chi connectivity index (χ0n) is 14.5. The number of hydrogen-bond donors (Lipinski definition) is 0. The Labute approximate surface area is 148 Å². The molecule has 0 unspecified atom stereocenters. The van der Waals surface area contributed by atoms with Crippen molar-refractivity contribution >= 4 is 17.5 Å². The third-order valence-electron chi connectivity index (χ3n) is 4.64. The van der Waals surface area contributed by atoms with Gasteiger partial charge in [-0.2, -0.15) is 9.61 Å². The van der Waals surface area contributed by atoms with Gasteiger partial charge in [0.2, 0.25) is 0 Å². The molecule has 0 bridgehead atoms. The Morgan fingerprint density at radius 1 is 1.04 bits per heavy atom. The van der Waals surface area contributed by atoms with Crippen molar-refractivity contribution in [2.24, 2.45) is 0 Å². The summed E-state index contributed by atoms with van der Waals surface area (Å²) in [6.45, 7) is 7.18. The maximum absolute atomic E-state index is 4.53. The fraction of sp³-hybridized carbons (Fsp3) is 0.300. The molecule has 0 atom stereocenters. The van der Waals surface area contributed by atoms with Gasteiger partial charge in [0, 0.05) is 50.6 Å². The SMILES string of the molecule is Cc1cc(N2CCN(CC=Cc3ccccc3)CC2)n2nccc2n1. The van der Waals surface area contributed by atoms with E-state index < -0.39 is 0 Å². The highest BCUT2D eigenvalue weighted by molar-refractivity contribution is 5.51. The lowest BCUT2D eigenvalue weighted by Gasteiger charge is -2.35. The summed E-state index contributed by atoms with van der Waals surface area (Å²) in [5.74, 6) is 1.15. The van der Waals surface area contributed by atoms with Crippen LogP contribution in [-0.4, -0.2) is 52.2 Å². The Morgan fingerprint density at radius 2 is 1.84 bits per heavy atom. The first-order valence-corrected chi connectivity index (χ1v) is 8.80. The Kier molecular flexibility index (Phi) is 4.48. The van der Waals surface area contributed by atoms with E-state index in [-0.39, 0.29) is 0 Å². The van der Waals surface area contributed by atoms with Crippen molar-refractivity contribution in [1.29, 1.82) is 0 Å². The van der Waals surface area contributed by atoms with Crippen molar-refractivity contribution in [1.82, 2.24) is 19.5 Å². The maximum atomic E-state index is 4.53. The van der Waals surface area contributed by atoms with Crippen LogP contribution in [0, 0.1) is 6.92 Å². The number of aryl methyl sites for hydroxylation is 1. The van der Waals surface area contributed by atoms with E-state index >= 15 is 0 Å². The Bertz CT molecular complexity index is 860. The molecule has 0 saturated carbocycles. The van der Waals surface area contributed by atoms with Crippen molar-refractivity contribution in [2.75, 3.05) is 37.6 Å². The summed E-state index contributed by atoms with van der Waals surface area (Å²) in [6.07, 6.45) is 6.27. The lowest BCUT2D eigenvalue weighted by atomic mass is 10.2. The molecule has 5 nitrogen and oxygen atoms in total. The van der Waals surface area contributed by atoms with Crippen LogP contribution in [-0.2, 0) is 0 Å². The predicted octanol–water partition coefficient (Wildman–Crippen LogP) is 2.87. The summed E-state index contributed by atoms with van der Waals surface area (Å²) in [7, 11) is 0. The number of anilines is 1. The Hall–Kier alpha value is -2.66. The van der Waals surface area contributed by atoms with Crippen molar-refractivity contribution < 1.29 is 0 Å². The second-order valence-corrected chi connectivity index (χ2v) is 6.46. The molecule has 0 amide bonds. The van der Waals surface area contributed by atoms with E-state index in [4.69, 9.17) is 0 Å². The molecule has 0 radical (unpaired) electrons. The molecule has 3 aromatic rings. The van der Waals surface area contributed by atoms with E-state index in [2.05, 4.69) is 62.4 Å². The molecule has 1 aliphatic rings. The van der Waals surface area contributed by atoms with Gasteiger partial charge < -0.3 is 4.90 Å². The van der Waals surface area contributed by atoms with Crippen LogP contribution in [0.15, 0.2) is 54.7 Å². The highest BCUT2D eigenvalue weighted by Crippen LogP contribution is 2.18. The van der Waals surface area contributed by atoms with Crippen LogP contribution in [0.2, 0.25) is 0 Å². The number of aromatic nitrogens is 3. The monoisotopic (exact) mass is 333 g/mol. The Balaban J connectivity index is 1.38. The van der Waals surface area contributed by atoms with Crippen molar-refractivity contribution in [3.05, 3.63) is 66.0 Å². The van der Waals surface area contributed by atoms with Crippen molar-refractivity contribution in [3.63, 3.8) is 0 Å². The van der Waals surface area contributed by atoms with Gasteiger partial charge >= 0.3 is 0 Å². The fourth-order valence-electron chi connectivity index (χ4n) is 3.31. The first-order valence-electron chi connectivity index (χ1n) is 8.80. The van der Waals surface area contributed by atoms with E-state index in [1.807, 2.05) is 29.8 Å². The lowest BCUT2D eigenvalue weighted by Crippen LogP contribution is -2.47. The molecule has 5 heteroatoms. The van der Waals surface area contributed by atoms with Crippen LogP contribution in [0.3, 0.4) is 0 Å². The van der Waals surface area contributed by atoms with Gasteiger partial charge in [0.25, 0.3) is 0 Å². The molecule has 0 N–H and O–H groups in total. The van der Waals surface area contributed by atoms with E-state index in [1.54, 1.807) is 0 Å². The van der Waals surface area contributed by atoms with Crippen LogP contribution in [0.25, 0.3) is 11.7 Å². The number of benzene rings is 1. The zero-order chi connectivity index (χ0) is 17.1. The van der Waals surface area contributed by atoms with Gasteiger partial charge in [-0.05, 0) is 12.5 Å². The molecular weight excluding hydrogens is 310 g/mol. The summed E-state index contributed by atoms with van der Waals surface area (Å²) in [6, 6.07) is 14.6. The topological polar surface area (TPSA) is 36.7 Å². The molecule has 128 valence electrons. The van der Waals surface area contributed by atoms with Gasteiger partial charge in [-0.3, -0.25) is 4.90 Å². The van der Waals surface area contributed by atoms with Gasteiger partial charge in [-0.15, -0.1) is 0 Å². The molecule has 0 aliphatic carbocycles. The largest absolute Gasteiger partial charge is 0.354 e. The third kappa shape index (κ3) is 3.56. The summed E-state index contributed by atoms with van der Waals surface area (Å²) in [5.41, 5.74) is 3.22. The quantitative estimate of drug-likeness (QED) is 0.736. The molecule has 1 aromatic carbocycles. The minimum absolute atomic E-state index is 0.920. The normalized spacial score (nSPS) is 16.1. The fourth-order valence-corrected chi connectivity index (χ4v) is 3.31. The molecule has 1 aliphatic heterocycles. The number of fused-ring (bicyclic) bond motifs is 1. The molecular formula is C20H23N5. The van der Waals surface area contributed by atoms with E-state index in [9.17, 15) is 0 Å². The Morgan fingerprint density at radius 3 is 2.64 bits per heavy atom. The maximum Gasteiger partial charge on any atom is 0.157 e. The molecule has 2 aromatic heterocycles. The van der Waals surface area contributed by atoms with Crippen LogP contribution in [0.5, 0.6) is 0 Å². The average Bonchev–Trinajstić information content (AvgIpc) is 3.11. The minimum atomic E-state index is 0.920. The van der Waals surface area contributed by atoms with E-state index in [0.29, 0.717) is 0 Å². The van der Waals surface area contributed by atoms with Crippen LogP contribution >= 0.6 is 0 Å². The molecule has 3 heterocycles. The summed E-state index contributed by atoms with van der Waals surface area (Å²) < 4.78 is 1.94. The first-order chi connectivity index (χ1) is 12.3. The summed E-state index contributed by atoms with van der Waals surface area (Å²) in [5, 5.41) is 4.42. The third-order valence-corrected chi connectivity index (χ3v) is 4.64. The molecule has 1 saturated heterocycles. The second-order valence-electron chi connectivity index (χ2n) is 6.46. The highest BCUT2D eigenvalue weighted by atomic mass is 15.4. The van der Waals surface area contributed by atoms with Gasteiger partial charge in [0.05, 0.1) is 6.20 Å². The van der Waals surface area contributed by atoms with Crippen LogP contribution in [0.1, 0.15) is 11.3 Å². The first kappa shape index (κ1) is 15.8. The molecule has 0 spiro atoms. The van der Waals surface area contributed by atoms with Crippen molar-refractivity contribution in [2.45, 2.75) is 6.92 Å². The van der Waals surface area contributed by atoms with Gasteiger partial charge in [-0.25, -0.2) is 4.98 Å². The van der Waals surface area contributed by atoms with Gasteiger partial charge in [0.1, 0.15) is 5.82 Å². The van der Waals surface area contributed by atoms with E-state index in [1.165, 1.54) is 5.56 Å². The highest BCUT2D eigenvalue weighted by Gasteiger charge is 2.19. The molecule has 25 heavy (non-hydrogen) atoms. The zero-order valence-corrected chi connectivity index (χ0v) is 14.5. The second kappa shape index (κ2) is 7.07. The standard InChI is InChI=1S/C20H23N5/c1-17-16-20(25-19(22-17)9-10-21-25)24-14-12-23(13-15-24)11-5-8-18-6-3-2-4-7-18/h2-10,16H,11-15H2,1H3. The number of hydrogen-bond acceptors (Lipinski definition) is 4. The summed E-state index contributed by atoms with van der Waals surface area (Å²) in [4.78, 5) is 9.43. The summed E-state index contributed by atoms with van der Waals surface area (Å²) >= 11 is 0. The lowest BCUT2D eigenvalue weighted by molar-refractivity contribution is 0.283. The average molecular weight is 333 g/mol. The van der Waals surface area contributed by atoms with Crippen molar-refractivity contribution in [3.8, 4) is 0 Å². The number of rotatable bonds is 4.